The van der Waals surface area contributed by atoms with E-state index in [1.165, 1.54) is 6.26 Å². The second-order valence-corrected chi connectivity index (χ2v) is 3.57. The molecule has 0 atom stereocenters. The van der Waals surface area contributed by atoms with Gasteiger partial charge < -0.3 is 9.52 Å². The minimum atomic E-state index is -0.0434. The van der Waals surface area contributed by atoms with Crippen LogP contribution in [0.1, 0.15) is 0 Å². The standard InChI is InChI=1S/C10H7BrO2/c11-8-3-1-2-7(6-8)9-4-5-13-10(9)12/h1-6,12H. The van der Waals surface area contributed by atoms with E-state index in [-0.39, 0.29) is 5.95 Å². The predicted molar refractivity (Wildman–Crippen MR) is 53.5 cm³/mol. The van der Waals surface area contributed by atoms with Gasteiger partial charge in [-0.2, -0.15) is 0 Å². The first-order chi connectivity index (χ1) is 6.27. The Morgan fingerprint density at radius 2 is 2.08 bits per heavy atom. The monoisotopic (exact) mass is 238 g/mol. The van der Waals surface area contributed by atoms with Gasteiger partial charge in [0, 0.05) is 4.47 Å². The number of furan rings is 1. The Kier molecular flexibility index (Phi) is 2.10. The summed E-state index contributed by atoms with van der Waals surface area (Å²) in [5, 5.41) is 9.31. The molecule has 1 aromatic heterocycles. The molecule has 0 aliphatic rings. The van der Waals surface area contributed by atoms with Crippen molar-refractivity contribution in [3.8, 4) is 17.1 Å². The SMILES string of the molecule is Oc1occc1-c1cccc(Br)c1. The summed E-state index contributed by atoms with van der Waals surface area (Å²) >= 11 is 3.36. The molecule has 0 aliphatic heterocycles. The smallest absolute Gasteiger partial charge is 0.289 e. The van der Waals surface area contributed by atoms with E-state index >= 15 is 0 Å². The Bertz CT molecular complexity index is 420. The van der Waals surface area contributed by atoms with Crippen LogP contribution in [0.25, 0.3) is 11.1 Å². The minimum Gasteiger partial charge on any atom is -0.480 e. The topological polar surface area (TPSA) is 33.4 Å². The summed E-state index contributed by atoms with van der Waals surface area (Å²) in [7, 11) is 0. The fraction of sp³-hybridized carbons (Fsp3) is 0. The zero-order valence-corrected chi connectivity index (χ0v) is 8.28. The van der Waals surface area contributed by atoms with Gasteiger partial charge in [-0.3, -0.25) is 0 Å². The Hall–Kier alpha value is -1.22. The molecule has 0 amide bonds. The average molecular weight is 239 g/mol. The van der Waals surface area contributed by atoms with Crippen molar-refractivity contribution in [2.24, 2.45) is 0 Å². The summed E-state index contributed by atoms with van der Waals surface area (Å²) < 4.78 is 5.78. The molecule has 0 unspecified atom stereocenters. The van der Waals surface area contributed by atoms with Gasteiger partial charge in [0.05, 0.1) is 11.8 Å². The van der Waals surface area contributed by atoms with Crippen LogP contribution in [0.4, 0.5) is 0 Å². The molecule has 0 spiro atoms. The molecular weight excluding hydrogens is 232 g/mol. The third-order valence-corrected chi connectivity index (χ3v) is 2.27. The van der Waals surface area contributed by atoms with Gasteiger partial charge in [-0.15, -0.1) is 0 Å². The largest absolute Gasteiger partial charge is 0.480 e. The van der Waals surface area contributed by atoms with E-state index in [1.807, 2.05) is 24.3 Å². The van der Waals surface area contributed by atoms with Gasteiger partial charge in [0.1, 0.15) is 0 Å². The maximum atomic E-state index is 9.31. The maximum Gasteiger partial charge on any atom is 0.289 e. The van der Waals surface area contributed by atoms with Crippen molar-refractivity contribution in [3.63, 3.8) is 0 Å². The van der Waals surface area contributed by atoms with Crippen molar-refractivity contribution in [2.75, 3.05) is 0 Å². The van der Waals surface area contributed by atoms with Gasteiger partial charge in [-0.05, 0) is 23.8 Å². The summed E-state index contributed by atoms with van der Waals surface area (Å²) in [6.07, 6.45) is 1.46. The van der Waals surface area contributed by atoms with Crippen molar-refractivity contribution in [1.29, 1.82) is 0 Å². The molecule has 2 nitrogen and oxygen atoms in total. The second-order valence-electron chi connectivity index (χ2n) is 2.65. The summed E-state index contributed by atoms with van der Waals surface area (Å²) in [6, 6.07) is 9.41. The van der Waals surface area contributed by atoms with Gasteiger partial charge in [0.25, 0.3) is 5.95 Å². The molecule has 2 aromatic rings. The van der Waals surface area contributed by atoms with Crippen molar-refractivity contribution >= 4 is 15.9 Å². The van der Waals surface area contributed by atoms with Crippen molar-refractivity contribution < 1.29 is 9.52 Å². The van der Waals surface area contributed by atoms with Gasteiger partial charge in [0.2, 0.25) is 0 Å². The Morgan fingerprint density at radius 1 is 1.23 bits per heavy atom. The molecule has 3 heteroatoms. The molecule has 1 aromatic carbocycles. The highest BCUT2D eigenvalue weighted by Crippen LogP contribution is 2.31. The predicted octanol–water partition coefficient (Wildman–Crippen LogP) is 3.41. The van der Waals surface area contributed by atoms with E-state index in [1.54, 1.807) is 6.07 Å². The summed E-state index contributed by atoms with van der Waals surface area (Å²) in [5.74, 6) is -0.0434. The number of hydrogen-bond donors (Lipinski definition) is 1. The van der Waals surface area contributed by atoms with E-state index < -0.39 is 0 Å². The van der Waals surface area contributed by atoms with E-state index in [0.29, 0.717) is 5.56 Å². The fourth-order valence-electron chi connectivity index (χ4n) is 1.18. The van der Waals surface area contributed by atoms with Crippen LogP contribution in [0.5, 0.6) is 5.95 Å². The molecule has 0 bridgehead atoms. The number of halogens is 1. The quantitative estimate of drug-likeness (QED) is 0.827. The van der Waals surface area contributed by atoms with Crippen molar-refractivity contribution in [2.45, 2.75) is 0 Å². The van der Waals surface area contributed by atoms with E-state index in [2.05, 4.69) is 15.9 Å². The fourth-order valence-corrected chi connectivity index (χ4v) is 1.58. The highest BCUT2D eigenvalue weighted by atomic mass is 79.9. The third-order valence-electron chi connectivity index (χ3n) is 1.78. The lowest BCUT2D eigenvalue weighted by Crippen LogP contribution is -1.73. The van der Waals surface area contributed by atoms with Gasteiger partial charge >= 0.3 is 0 Å². The molecule has 0 radical (unpaired) electrons. The minimum absolute atomic E-state index is 0.0434. The van der Waals surface area contributed by atoms with Gasteiger partial charge in [0.15, 0.2) is 0 Å². The molecule has 66 valence electrons. The summed E-state index contributed by atoms with van der Waals surface area (Å²) in [6.45, 7) is 0. The molecule has 1 N–H and O–H groups in total. The first-order valence-electron chi connectivity index (χ1n) is 3.80. The molecule has 0 saturated carbocycles. The first kappa shape index (κ1) is 8.38. The van der Waals surface area contributed by atoms with Crippen LogP contribution in [-0.2, 0) is 0 Å². The number of hydrogen-bond acceptors (Lipinski definition) is 2. The van der Waals surface area contributed by atoms with E-state index in [9.17, 15) is 5.11 Å². The highest BCUT2D eigenvalue weighted by Gasteiger charge is 2.06. The van der Waals surface area contributed by atoms with E-state index in [4.69, 9.17) is 4.42 Å². The van der Waals surface area contributed by atoms with E-state index in [0.717, 1.165) is 10.0 Å². The van der Waals surface area contributed by atoms with Gasteiger partial charge in [-0.1, -0.05) is 28.1 Å². The van der Waals surface area contributed by atoms with Crippen LogP contribution in [0, 0.1) is 0 Å². The lowest BCUT2D eigenvalue weighted by molar-refractivity contribution is 0.334. The Labute approximate surface area is 83.9 Å². The molecular formula is C10H7BrO2. The first-order valence-corrected chi connectivity index (χ1v) is 4.59. The number of rotatable bonds is 1. The average Bonchev–Trinajstić information content (AvgIpc) is 2.51. The summed E-state index contributed by atoms with van der Waals surface area (Å²) in [4.78, 5) is 0. The van der Waals surface area contributed by atoms with Crippen molar-refractivity contribution in [1.82, 2.24) is 0 Å². The molecule has 2 rings (SSSR count). The second kappa shape index (κ2) is 3.26. The summed E-state index contributed by atoms with van der Waals surface area (Å²) in [5.41, 5.74) is 1.64. The van der Waals surface area contributed by atoms with Crippen LogP contribution in [-0.4, -0.2) is 5.11 Å². The zero-order chi connectivity index (χ0) is 9.26. The van der Waals surface area contributed by atoms with Crippen LogP contribution in [0.15, 0.2) is 45.5 Å². The zero-order valence-electron chi connectivity index (χ0n) is 6.70. The molecule has 13 heavy (non-hydrogen) atoms. The Morgan fingerprint density at radius 3 is 2.69 bits per heavy atom. The van der Waals surface area contributed by atoms with Crippen LogP contribution in [0.2, 0.25) is 0 Å². The highest BCUT2D eigenvalue weighted by molar-refractivity contribution is 9.10. The molecule has 1 heterocycles. The lowest BCUT2D eigenvalue weighted by Gasteiger charge is -1.97. The van der Waals surface area contributed by atoms with Crippen molar-refractivity contribution in [3.05, 3.63) is 41.1 Å². The number of aromatic hydroxyl groups is 1. The molecule has 0 aliphatic carbocycles. The Balaban J connectivity index is 2.53. The molecule has 0 saturated heterocycles. The van der Waals surface area contributed by atoms with Crippen LogP contribution >= 0.6 is 15.9 Å². The normalized spacial score (nSPS) is 10.2. The lowest BCUT2D eigenvalue weighted by atomic mass is 10.1. The molecule has 0 fully saturated rings. The van der Waals surface area contributed by atoms with Crippen LogP contribution in [0.3, 0.4) is 0 Å². The maximum absolute atomic E-state index is 9.31. The number of benzene rings is 1. The van der Waals surface area contributed by atoms with Crippen LogP contribution < -0.4 is 0 Å². The van der Waals surface area contributed by atoms with Gasteiger partial charge in [-0.25, -0.2) is 0 Å². The third kappa shape index (κ3) is 1.60.